The van der Waals surface area contributed by atoms with Gasteiger partial charge in [0.2, 0.25) is 0 Å². The molecule has 1 unspecified atom stereocenters. The van der Waals surface area contributed by atoms with E-state index < -0.39 is 12.5 Å². The Bertz CT molecular complexity index is 277. The molecule has 0 aliphatic heterocycles. The molecule has 1 aromatic heterocycles. The molecule has 0 aliphatic rings. The molecule has 0 saturated heterocycles. The molecular formula is C9H12F2N2O. The molecule has 0 fully saturated rings. The molecular weight excluding hydrogens is 190 g/mol. The number of anilines is 1. The molecule has 78 valence electrons. The lowest BCUT2D eigenvalue weighted by molar-refractivity contribution is 0.00381. The van der Waals surface area contributed by atoms with Crippen molar-refractivity contribution in [2.75, 3.05) is 11.9 Å². The van der Waals surface area contributed by atoms with Gasteiger partial charge in [-0.05, 0) is 18.6 Å². The highest BCUT2D eigenvalue weighted by molar-refractivity contribution is 5.35. The van der Waals surface area contributed by atoms with Gasteiger partial charge in [-0.25, -0.2) is 13.8 Å². The van der Waals surface area contributed by atoms with Gasteiger partial charge in [0.05, 0.1) is 0 Å². The van der Waals surface area contributed by atoms with Crippen molar-refractivity contribution < 1.29 is 13.9 Å². The molecule has 0 saturated carbocycles. The van der Waals surface area contributed by atoms with Crippen molar-refractivity contribution in [2.24, 2.45) is 0 Å². The standard InChI is InChI=1S/C9H12F2N2O/c1-6-2-3-8(12-4-6)13-5-7(14)9(10)11/h2-4,7,9,14H,5H2,1H3,(H,12,13). The Morgan fingerprint density at radius 2 is 2.21 bits per heavy atom. The second kappa shape index (κ2) is 4.85. The van der Waals surface area contributed by atoms with Gasteiger partial charge in [0.15, 0.2) is 0 Å². The van der Waals surface area contributed by atoms with Crippen molar-refractivity contribution in [3.05, 3.63) is 23.9 Å². The summed E-state index contributed by atoms with van der Waals surface area (Å²) in [6.45, 7) is 1.68. The van der Waals surface area contributed by atoms with Crippen molar-refractivity contribution in [2.45, 2.75) is 19.5 Å². The number of hydrogen-bond donors (Lipinski definition) is 2. The van der Waals surface area contributed by atoms with Crippen LogP contribution in [-0.4, -0.2) is 29.2 Å². The summed E-state index contributed by atoms with van der Waals surface area (Å²) in [4.78, 5) is 3.94. The highest BCUT2D eigenvalue weighted by Crippen LogP contribution is 2.05. The summed E-state index contributed by atoms with van der Waals surface area (Å²) >= 11 is 0. The maximum absolute atomic E-state index is 11.9. The molecule has 0 aromatic carbocycles. The first-order valence-corrected chi connectivity index (χ1v) is 4.22. The molecule has 0 aliphatic carbocycles. The summed E-state index contributed by atoms with van der Waals surface area (Å²) in [5.74, 6) is 0.482. The fourth-order valence-corrected chi connectivity index (χ4v) is 0.871. The van der Waals surface area contributed by atoms with E-state index in [4.69, 9.17) is 5.11 Å². The van der Waals surface area contributed by atoms with E-state index in [1.807, 2.05) is 13.0 Å². The van der Waals surface area contributed by atoms with Crippen LogP contribution in [0.25, 0.3) is 0 Å². The number of pyridine rings is 1. The van der Waals surface area contributed by atoms with Gasteiger partial charge < -0.3 is 10.4 Å². The maximum Gasteiger partial charge on any atom is 0.265 e. The Morgan fingerprint density at radius 3 is 2.71 bits per heavy atom. The van der Waals surface area contributed by atoms with Gasteiger partial charge in [0.25, 0.3) is 6.43 Å². The van der Waals surface area contributed by atoms with Crippen LogP contribution in [0.5, 0.6) is 0 Å². The molecule has 0 bridgehead atoms. The van der Waals surface area contributed by atoms with E-state index in [2.05, 4.69) is 10.3 Å². The zero-order valence-corrected chi connectivity index (χ0v) is 7.74. The maximum atomic E-state index is 11.9. The third-order valence-electron chi connectivity index (χ3n) is 1.69. The minimum absolute atomic E-state index is 0.201. The Hall–Kier alpha value is -1.23. The first-order chi connectivity index (χ1) is 6.59. The Labute approximate surface area is 80.8 Å². The number of rotatable bonds is 4. The minimum Gasteiger partial charge on any atom is -0.385 e. The van der Waals surface area contributed by atoms with Gasteiger partial charge in [0, 0.05) is 12.7 Å². The largest absolute Gasteiger partial charge is 0.385 e. The van der Waals surface area contributed by atoms with E-state index in [0.29, 0.717) is 5.82 Å². The molecule has 1 aromatic rings. The van der Waals surface area contributed by atoms with Crippen LogP contribution in [0.3, 0.4) is 0 Å². The van der Waals surface area contributed by atoms with E-state index in [0.717, 1.165) is 5.56 Å². The monoisotopic (exact) mass is 202 g/mol. The quantitative estimate of drug-likeness (QED) is 0.776. The predicted octanol–water partition coefficient (Wildman–Crippen LogP) is 1.43. The highest BCUT2D eigenvalue weighted by atomic mass is 19.3. The van der Waals surface area contributed by atoms with Crippen LogP contribution < -0.4 is 5.32 Å². The first kappa shape index (κ1) is 10.8. The van der Waals surface area contributed by atoms with E-state index >= 15 is 0 Å². The van der Waals surface area contributed by atoms with Crippen LogP contribution in [0.15, 0.2) is 18.3 Å². The molecule has 5 heteroatoms. The summed E-state index contributed by atoms with van der Waals surface area (Å²) in [5.41, 5.74) is 0.991. The smallest absolute Gasteiger partial charge is 0.265 e. The molecule has 2 N–H and O–H groups in total. The van der Waals surface area contributed by atoms with Crippen molar-refractivity contribution >= 4 is 5.82 Å². The number of nitrogens with zero attached hydrogens (tertiary/aromatic N) is 1. The third-order valence-corrected chi connectivity index (χ3v) is 1.69. The average Bonchev–Trinajstić information content (AvgIpc) is 2.16. The van der Waals surface area contributed by atoms with Crippen molar-refractivity contribution in [1.82, 2.24) is 4.98 Å². The normalized spacial score (nSPS) is 12.9. The van der Waals surface area contributed by atoms with E-state index in [1.165, 1.54) is 0 Å². The third kappa shape index (κ3) is 3.26. The van der Waals surface area contributed by atoms with Crippen LogP contribution in [0.1, 0.15) is 5.56 Å². The van der Waals surface area contributed by atoms with Crippen molar-refractivity contribution in [3.63, 3.8) is 0 Å². The number of nitrogens with one attached hydrogen (secondary N) is 1. The van der Waals surface area contributed by atoms with Crippen LogP contribution in [-0.2, 0) is 0 Å². The summed E-state index contributed by atoms with van der Waals surface area (Å²) < 4.78 is 23.8. The molecule has 0 radical (unpaired) electrons. The fraction of sp³-hybridized carbons (Fsp3) is 0.444. The molecule has 3 nitrogen and oxygen atoms in total. The Kier molecular flexibility index (Phi) is 3.76. The number of hydrogen-bond acceptors (Lipinski definition) is 3. The van der Waals surface area contributed by atoms with Crippen LogP contribution in [0.2, 0.25) is 0 Å². The van der Waals surface area contributed by atoms with Gasteiger partial charge in [0.1, 0.15) is 11.9 Å². The molecule has 0 spiro atoms. The van der Waals surface area contributed by atoms with E-state index in [-0.39, 0.29) is 6.54 Å². The Balaban J connectivity index is 2.42. The van der Waals surface area contributed by atoms with E-state index in [9.17, 15) is 8.78 Å². The molecule has 14 heavy (non-hydrogen) atoms. The lowest BCUT2D eigenvalue weighted by atomic mass is 10.3. The average molecular weight is 202 g/mol. The summed E-state index contributed by atoms with van der Waals surface area (Å²) in [6, 6.07) is 3.48. The summed E-state index contributed by atoms with van der Waals surface area (Å²) in [7, 11) is 0. The molecule has 1 heterocycles. The lowest BCUT2D eigenvalue weighted by Crippen LogP contribution is -2.27. The number of aliphatic hydroxyl groups excluding tert-OH is 1. The predicted molar refractivity (Wildman–Crippen MR) is 49.5 cm³/mol. The number of aliphatic hydroxyl groups is 1. The Morgan fingerprint density at radius 1 is 1.50 bits per heavy atom. The lowest BCUT2D eigenvalue weighted by Gasteiger charge is -2.10. The zero-order valence-electron chi connectivity index (χ0n) is 7.74. The molecule has 1 rings (SSSR count). The first-order valence-electron chi connectivity index (χ1n) is 4.22. The van der Waals surface area contributed by atoms with Crippen molar-refractivity contribution in [1.29, 1.82) is 0 Å². The number of aromatic nitrogens is 1. The van der Waals surface area contributed by atoms with Gasteiger partial charge in [-0.3, -0.25) is 0 Å². The number of halogens is 2. The number of alkyl halides is 2. The van der Waals surface area contributed by atoms with Gasteiger partial charge in [-0.15, -0.1) is 0 Å². The SMILES string of the molecule is Cc1ccc(NCC(O)C(F)F)nc1. The fourth-order valence-electron chi connectivity index (χ4n) is 0.871. The second-order valence-corrected chi connectivity index (χ2v) is 3.00. The topological polar surface area (TPSA) is 45.1 Å². The van der Waals surface area contributed by atoms with Crippen LogP contribution >= 0.6 is 0 Å². The zero-order chi connectivity index (χ0) is 10.6. The van der Waals surface area contributed by atoms with Crippen molar-refractivity contribution in [3.8, 4) is 0 Å². The molecule has 0 amide bonds. The van der Waals surface area contributed by atoms with E-state index in [1.54, 1.807) is 12.3 Å². The van der Waals surface area contributed by atoms with Gasteiger partial charge >= 0.3 is 0 Å². The highest BCUT2D eigenvalue weighted by Gasteiger charge is 2.15. The second-order valence-electron chi connectivity index (χ2n) is 3.00. The minimum atomic E-state index is -2.73. The van der Waals surface area contributed by atoms with Crippen LogP contribution in [0.4, 0.5) is 14.6 Å². The van der Waals surface area contributed by atoms with Crippen LogP contribution in [0, 0.1) is 6.92 Å². The van der Waals surface area contributed by atoms with Gasteiger partial charge in [-0.2, -0.15) is 0 Å². The summed E-state index contributed by atoms with van der Waals surface area (Å²) in [6.07, 6.45) is -2.76. The summed E-state index contributed by atoms with van der Waals surface area (Å²) in [5, 5.41) is 11.4. The number of aryl methyl sites for hydroxylation is 1. The molecule has 1 atom stereocenters. The van der Waals surface area contributed by atoms with Gasteiger partial charge in [-0.1, -0.05) is 6.07 Å².